The van der Waals surface area contributed by atoms with Crippen LogP contribution in [0.4, 0.5) is 0 Å². The number of rotatable bonds is 3. The Labute approximate surface area is 78.6 Å². The van der Waals surface area contributed by atoms with E-state index in [1.54, 1.807) is 18.2 Å². The molecule has 1 rings (SSSR count). The van der Waals surface area contributed by atoms with E-state index in [0.717, 1.165) is 0 Å². The van der Waals surface area contributed by atoms with Gasteiger partial charge in [-0.2, -0.15) is 0 Å². The molecule has 0 fully saturated rings. The molecular weight excluding hydrogens is 166 g/mol. The first-order valence-corrected chi connectivity index (χ1v) is 4.22. The quantitative estimate of drug-likeness (QED) is 0.720. The summed E-state index contributed by atoms with van der Waals surface area (Å²) in [5.74, 6) is 0.694. The fraction of sp³-hybridized carbons (Fsp3) is 0.400. The van der Waals surface area contributed by atoms with E-state index in [-0.39, 0.29) is 12.0 Å². The Morgan fingerprint density at radius 3 is 2.46 bits per heavy atom. The minimum atomic E-state index is -0.0479. The van der Waals surface area contributed by atoms with Crippen molar-refractivity contribution in [1.82, 2.24) is 4.90 Å². The summed E-state index contributed by atoms with van der Waals surface area (Å²) in [5.41, 5.74) is 0. The first-order chi connectivity index (χ1) is 6.11. The highest BCUT2D eigenvalue weighted by molar-refractivity contribution is 5.37. The highest BCUT2D eigenvalue weighted by Gasteiger charge is 2.08. The van der Waals surface area contributed by atoms with E-state index in [2.05, 4.69) is 0 Å². The van der Waals surface area contributed by atoms with Crippen molar-refractivity contribution in [1.29, 1.82) is 0 Å². The molecule has 72 valence electrons. The monoisotopic (exact) mass is 181 g/mol. The molecule has 0 saturated heterocycles. The second-order valence-electron chi connectivity index (χ2n) is 3.15. The summed E-state index contributed by atoms with van der Waals surface area (Å²) < 4.78 is 5.48. The maximum Gasteiger partial charge on any atom is 0.163 e. The Balaban J connectivity index is 2.69. The number of ether oxygens (including phenoxy) is 1. The third-order valence-electron chi connectivity index (χ3n) is 1.89. The zero-order chi connectivity index (χ0) is 9.84. The minimum absolute atomic E-state index is 0.0479. The van der Waals surface area contributed by atoms with Crippen molar-refractivity contribution in [3.05, 3.63) is 24.3 Å². The summed E-state index contributed by atoms with van der Waals surface area (Å²) in [7, 11) is 3.84. The topological polar surface area (TPSA) is 32.7 Å². The molecule has 0 bridgehead atoms. The number of hydrogen-bond donors (Lipinski definition) is 1. The maximum atomic E-state index is 9.40. The van der Waals surface area contributed by atoms with E-state index in [1.165, 1.54) is 0 Å². The van der Waals surface area contributed by atoms with E-state index < -0.39 is 0 Å². The molecule has 0 amide bonds. The Morgan fingerprint density at radius 1 is 1.31 bits per heavy atom. The molecule has 3 heteroatoms. The van der Waals surface area contributed by atoms with Gasteiger partial charge in [-0.15, -0.1) is 0 Å². The Morgan fingerprint density at radius 2 is 1.92 bits per heavy atom. The average molecular weight is 181 g/mol. The standard InChI is InChI=1S/C10H15NO2/c1-8(11(2)3)13-10-7-5-4-6-9(10)12/h4-8,12H,1-3H3. The molecule has 0 spiro atoms. The summed E-state index contributed by atoms with van der Waals surface area (Å²) in [6.07, 6.45) is -0.0479. The van der Waals surface area contributed by atoms with Gasteiger partial charge in [0.05, 0.1) is 0 Å². The van der Waals surface area contributed by atoms with Gasteiger partial charge in [0.2, 0.25) is 0 Å². The lowest BCUT2D eigenvalue weighted by molar-refractivity contribution is 0.0786. The lowest BCUT2D eigenvalue weighted by atomic mass is 10.3. The second-order valence-corrected chi connectivity index (χ2v) is 3.15. The number of hydrogen-bond acceptors (Lipinski definition) is 3. The van der Waals surface area contributed by atoms with Crippen LogP contribution >= 0.6 is 0 Å². The number of para-hydroxylation sites is 2. The fourth-order valence-corrected chi connectivity index (χ4v) is 0.846. The van der Waals surface area contributed by atoms with Crippen LogP contribution in [-0.4, -0.2) is 30.3 Å². The van der Waals surface area contributed by atoms with Gasteiger partial charge in [0.15, 0.2) is 11.5 Å². The van der Waals surface area contributed by atoms with Gasteiger partial charge in [0.25, 0.3) is 0 Å². The lowest BCUT2D eigenvalue weighted by Crippen LogP contribution is -2.30. The van der Waals surface area contributed by atoms with Gasteiger partial charge in [-0.1, -0.05) is 12.1 Å². The van der Waals surface area contributed by atoms with Gasteiger partial charge in [0, 0.05) is 0 Å². The molecule has 1 N–H and O–H groups in total. The van der Waals surface area contributed by atoms with Crippen LogP contribution in [0.3, 0.4) is 0 Å². The van der Waals surface area contributed by atoms with Crippen LogP contribution in [0, 0.1) is 0 Å². The van der Waals surface area contributed by atoms with Gasteiger partial charge in [0.1, 0.15) is 6.23 Å². The van der Waals surface area contributed by atoms with E-state index >= 15 is 0 Å². The molecule has 1 atom stereocenters. The molecule has 13 heavy (non-hydrogen) atoms. The molecule has 0 aliphatic carbocycles. The van der Waals surface area contributed by atoms with E-state index in [1.807, 2.05) is 32.0 Å². The minimum Gasteiger partial charge on any atom is -0.504 e. The van der Waals surface area contributed by atoms with Crippen LogP contribution in [0.2, 0.25) is 0 Å². The molecule has 1 aromatic carbocycles. The Kier molecular flexibility index (Phi) is 3.14. The Bertz CT molecular complexity index is 273. The van der Waals surface area contributed by atoms with Crippen molar-refractivity contribution in [2.75, 3.05) is 14.1 Å². The summed E-state index contributed by atoms with van der Waals surface area (Å²) in [4.78, 5) is 1.92. The first kappa shape index (κ1) is 9.86. The third-order valence-corrected chi connectivity index (χ3v) is 1.89. The van der Waals surface area contributed by atoms with Crippen molar-refractivity contribution >= 4 is 0 Å². The number of benzene rings is 1. The van der Waals surface area contributed by atoms with Crippen LogP contribution in [0.5, 0.6) is 11.5 Å². The van der Waals surface area contributed by atoms with Crippen molar-refractivity contribution in [2.24, 2.45) is 0 Å². The summed E-state index contributed by atoms with van der Waals surface area (Å²) in [6, 6.07) is 6.95. The van der Waals surface area contributed by atoms with Gasteiger partial charge in [-0.3, -0.25) is 4.90 Å². The molecule has 0 saturated carbocycles. The maximum absolute atomic E-state index is 9.40. The number of aromatic hydroxyl groups is 1. The first-order valence-electron chi connectivity index (χ1n) is 4.22. The van der Waals surface area contributed by atoms with Crippen LogP contribution in [0.25, 0.3) is 0 Å². The highest BCUT2D eigenvalue weighted by atomic mass is 16.5. The number of phenols is 1. The average Bonchev–Trinajstić information content (AvgIpc) is 2.08. The fourth-order valence-electron chi connectivity index (χ4n) is 0.846. The smallest absolute Gasteiger partial charge is 0.163 e. The molecule has 0 radical (unpaired) electrons. The third kappa shape index (κ3) is 2.63. The molecule has 0 aliphatic heterocycles. The zero-order valence-electron chi connectivity index (χ0n) is 8.19. The second kappa shape index (κ2) is 4.14. The number of phenolic OH excluding ortho intramolecular Hbond substituents is 1. The highest BCUT2D eigenvalue weighted by Crippen LogP contribution is 2.25. The van der Waals surface area contributed by atoms with Crippen molar-refractivity contribution in [3.8, 4) is 11.5 Å². The van der Waals surface area contributed by atoms with E-state index in [9.17, 15) is 5.11 Å². The summed E-state index contributed by atoms with van der Waals surface area (Å²) in [6.45, 7) is 1.92. The molecule has 3 nitrogen and oxygen atoms in total. The Hall–Kier alpha value is -1.22. The molecule has 0 aromatic heterocycles. The predicted molar refractivity (Wildman–Crippen MR) is 51.9 cm³/mol. The van der Waals surface area contributed by atoms with Gasteiger partial charge >= 0.3 is 0 Å². The summed E-state index contributed by atoms with van der Waals surface area (Å²) >= 11 is 0. The molecule has 0 heterocycles. The van der Waals surface area contributed by atoms with Crippen LogP contribution in [0.15, 0.2) is 24.3 Å². The van der Waals surface area contributed by atoms with Crippen LogP contribution in [-0.2, 0) is 0 Å². The molecule has 1 unspecified atom stereocenters. The van der Waals surface area contributed by atoms with Crippen LogP contribution < -0.4 is 4.74 Å². The van der Waals surface area contributed by atoms with Crippen molar-refractivity contribution in [3.63, 3.8) is 0 Å². The molecule has 0 aliphatic rings. The van der Waals surface area contributed by atoms with Gasteiger partial charge in [-0.25, -0.2) is 0 Å². The SMILES string of the molecule is CC(Oc1ccccc1O)N(C)C. The lowest BCUT2D eigenvalue weighted by Gasteiger charge is -2.21. The van der Waals surface area contributed by atoms with Crippen molar-refractivity contribution < 1.29 is 9.84 Å². The van der Waals surface area contributed by atoms with Gasteiger partial charge in [-0.05, 0) is 33.2 Å². The largest absolute Gasteiger partial charge is 0.504 e. The summed E-state index contributed by atoms with van der Waals surface area (Å²) in [5, 5.41) is 9.40. The normalized spacial score (nSPS) is 12.9. The zero-order valence-corrected chi connectivity index (χ0v) is 8.19. The molecule has 1 aromatic rings. The number of nitrogens with zero attached hydrogens (tertiary/aromatic N) is 1. The predicted octanol–water partition coefficient (Wildman–Crippen LogP) is 1.68. The molecular formula is C10H15NO2. The van der Waals surface area contributed by atoms with E-state index in [0.29, 0.717) is 5.75 Å². The van der Waals surface area contributed by atoms with Crippen molar-refractivity contribution in [2.45, 2.75) is 13.2 Å². The van der Waals surface area contributed by atoms with Gasteiger partial charge < -0.3 is 9.84 Å². The van der Waals surface area contributed by atoms with Crippen LogP contribution in [0.1, 0.15) is 6.92 Å². The van der Waals surface area contributed by atoms with E-state index in [4.69, 9.17) is 4.74 Å².